The standard InChI is InChI=1S/C16H17N3O2/c1-9-7-12(20)4-6-13(9)18-16-10(2)21-15-8-11(17)3-5-14(15)19-16/h3-8,10,20H,17H2,1-2H3,(H,18,19). The van der Waals surface area contributed by atoms with Crippen LogP contribution in [0, 0.1) is 6.92 Å². The van der Waals surface area contributed by atoms with Crippen LogP contribution in [0.4, 0.5) is 17.1 Å². The molecule has 0 aromatic heterocycles. The summed E-state index contributed by atoms with van der Waals surface area (Å²) in [6.07, 6.45) is -0.201. The predicted octanol–water partition coefficient (Wildman–Crippen LogP) is 3.21. The molecule has 108 valence electrons. The molecule has 0 radical (unpaired) electrons. The molecule has 0 saturated carbocycles. The summed E-state index contributed by atoms with van der Waals surface area (Å²) < 4.78 is 5.84. The molecule has 1 aliphatic heterocycles. The number of benzene rings is 2. The SMILES string of the molecule is Cc1cc(O)ccc1N=C1Nc2ccc(N)cc2OC1C. The van der Waals surface area contributed by atoms with E-state index in [2.05, 4.69) is 10.3 Å². The highest BCUT2D eigenvalue weighted by atomic mass is 16.5. The molecule has 21 heavy (non-hydrogen) atoms. The Kier molecular flexibility index (Phi) is 3.17. The molecule has 1 aliphatic rings. The quantitative estimate of drug-likeness (QED) is 0.702. The number of hydrogen-bond acceptors (Lipinski definition) is 4. The molecule has 1 unspecified atom stereocenters. The van der Waals surface area contributed by atoms with E-state index in [4.69, 9.17) is 10.5 Å². The van der Waals surface area contributed by atoms with Crippen molar-refractivity contribution in [1.29, 1.82) is 0 Å². The number of rotatable bonds is 1. The lowest BCUT2D eigenvalue weighted by Gasteiger charge is -2.26. The molecule has 4 N–H and O–H groups in total. The minimum Gasteiger partial charge on any atom is -0.508 e. The van der Waals surface area contributed by atoms with Crippen LogP contribution >= 0.6 is 0 Å². The topological polar surface area (TPSA) is 79.9 Å². The Morgan fingerprint density at radius 3 is 2.81 bits per heavy atom. The molecule has 5 nitrogen and oxygen atoms in total. The lowest BCUT2D eigenvalue weighted by Crippen LogP contribution is -2.34. The smallest absolute Gasteiger partial charge is 0.153 e. The number of nitrogens with one attached hydrogen (secondary N) is 1. The van der Waals surface area contributed by atoms with Gasteiger partial charge in [0.25, 0.3) is 0 Å². The highest BCUT2D eigenvalue weighted by Crippen LogP contribution is 2.33. The second-order valence-corrected chi connectivity index (χ2v) is 5.11. The Labute approximate surface area is 123 Å². The van der Waals surface area contributed by atoms with Crippen LogP contribution in [0.1, 0.15) is 12.5 Å². The third kappa shape index (κ3) is 2.63. The molecule has 1 heterocycles. The van der Waals surface area contributed by atoms with E-state index in [1.807, 2.05) is 26.0 Å². The van der Waals surface area contributed by atoms with Gasteiger partial charge in [-0.2, -0.15) is 0 Å². The zero-order valence-electron chi connectivity index (χ0n) is 11.9. The zero-order chi connectivity index (χ0) is 15.0. The third-order valence-electron chi connectivity index (χ3n) is 3.38. The summed E-state index contributed by atoms with van der Waals surface area (Å²) in [5.74, 6) is 1.68. The van der Waals surface area contributed by atoms with Crippen molar-refractivity contribution in [2.45, 2.75) is 20.0 Å². The second-order valence-electron chi connectivity index (χ2n) is 5.11. The molecule has 0 saturated heterocycles. The Morgan fingerprint density at radius 1 is 1.24 bits per heavy atom. The van der Waals surface area contributed by atoms with Gasteiger partial charge in [-0.3, -0.25) is 0 Å². The highest BCUT2D eigenvalue weighted by molar-refractivity contribution is 6.03. The number of fused-ring (bicyclic) bond motifs is 1. The monoisotopic (exact) mass is 283 g/mol. The third-order valence-corrected chi connectivity index (χ3v) is 3.38. The van der Waals surface area contributed by atoms with Gasteiger partial charge in [0.1, 0.15) is 17.3 Å². The molecule has 0 bridgehead atoms. The van der Waals surface area contributed by atoms with Crippen molar-refractivity contribution >= 4 is 22.9 Å². The van der Waals surface area contributed by atoms with E-state index in [-0.39, 0.29) is 11.9 Å². The summed E-state index contributed by atoms with van der Waals surface area (Å²) in [7, 11) is 0. The van der Waals surface area contributed by atoms with E-state index in [1.165, 1.54) is 0 Å². The number of nitrogens with zero attached hydrogens (tertiary/aromatic N) is 1. The molecule has 1 atom stereocenters. The van der Waals surface area contributed by atoms with Crippen LogP contribution < -0.4 is 15.8 Å². The van der Waals surface area contributed by atoms with Crippen LogP contribution in [0.25, 0.3) is 0 Å². The first kappa shape index (κ1) is 13.3. The number of anilines is 2. The maximum Gasteiger partial charge on any atom is 0.153 e. The van der Waals surface area contributed by atoms with Gasteiger partial charge in [0.15, 0.2) is 6.10 Å². The maximum atomic E-state index is 9.45. The van der Waals surface area contributed by atoms with Crippen molar-refractivity contribution in [3.63, 3.8) is 0 Å². The average Bonchev–Trinajstić information content (AvgIpc) is 2.42. The largest absolute Gasteiger partial charge is 0.508 e. The van der Waals surface area contributed by atoms with E-state index in [0.29, 0.717) is 5.69 Å². The fourth-order valence-corrected chi connectivity index (χ4v) is 2.24. The van der Waals surface area contributed by atoms with Gasteiger partial charge < -0.3 is 20.9 Å². The fourth-order valence-electron chi connectivity index (χ4n) is 2.24. The number of nitrogens with two attached hydrogens (primary N) is 1. The van der Waals surface area contributed by atoms with E-state index in [9.17, 15) is 5.11 Å². The van der Waals surface area contributed by atoms with E-state index in [1.54, 1.807) is 24.3 Å². The van der Waals surface area contributed by atoms with Crippen LogP contribution in [0.15, 0.2) is 41.4 Å². The zero-order valence-corrected chi connectivity index (χ0v) is 11.9. The molecule has 0 spiro atoms. The fraction of sp³-hybridized carbons (Fsp3) is 0.188. The average molecular weight is 283 g/mol. The molecule has 0 amide bonds. The number of aryl methyl sites for hydroxylation is 1. The Morgan fingerprint density at radius 2 is 2.05 bits per heavy atom. The first-order valence-electron chi connectivity index (χ1n) is 6.74. The van der Waals surface area contributed by atoms with Gasteiger partial charge in [-0.1, -0.05) is 0 Å². The number of hydrogen-bond donors (Lipinski definition) is 3. The second kappa shape index (κ2) is 5.01. The Hall–Kier alpha value is -2.69. The number of aliphatic imine (C=N–C) groups is 1. The van der Waals surface area contributed by atoms with Gasteiger partial charge in [0.05, 0.1) is 11.4 Å². The summed E-state index contributed by atoms with van der Waals surface area (Å²) in [5, 5.41) is 12.7. The summed E-state index contributed by atoms with van der Waals surface area (Å²) >= 11 is 0. The molecular weight excluding hydrogens is 266 g/mol. The molecule has 5 heteroatoms. The normalized spacial score (nSPS) is 18.8. The van der Waals surface area contributed by atoms with Gasteiger partial charge in [0.2, 0.25) is 0 Å². The Bertz CT molecular complexity index is 725. The molecule has 0 aliphatic carbocycles. The molecule has 2 aromatic rings. The first-order valence-corrected chi connectivity index (χ1v) is 6.74. The van der Waals surface area contributed by atoms with Crippen molar-refractivity contribution in [1.82, 2.24) is 0 Å². The first-order chi connectivity index (χ1) is 10.0. The van der Waals surface area contributed by atoms with Crippen molar-refractivity contribution in [2.24, 2.45) is 4.99 Å². The molecule has 0 fully saturated rings. The number of phenolic OH excluding ortho intramolecular Hbond substituents is 1. The summed E-state index contributed by atoms with van der Waals surface area (Å²) in [4.78, 5) is 4.60. The van der Waals surface area contributed by atoms with Crippen molar-refractivity contribution in [2.75, 3.05) is 11.1 Å². The van der Waals surface area contributed by atoms with Gasteiger partial charge in [0, 0.05) is 11.8 Å². The van der Waals surface area contributed by atoms with Crippen molar-refractivity contribution < 1.29 is 9.84 Å². The number of amidine groups is 1. The van der Waals surface area contributed by atoms with Crippen LogP contribution in [0.2, 0.25) is 0 Å². The van der Waals surface area contributed by atoms with E-state index >= 15 is 0 Å². The van der Waals surface area contributed by atoms with Gasteiger partial charge in [-0.25, -0.2) is 4.99 Å². The molecule has 3 rings (SSSR count). The Balaban J connectivity index is 1.96. The lowest BCUT2D eigenvalue weighted by molar-refractivity contribution is 0.283. The van der Waals surface area contributed by atoms with Gasteiger partial charge in [-0.15, -0.1) is 0 Å². The summed E-state index contributed by atoms with van der Waals surface area (Å²) in [6.45, 7) is 3.83. The lowest BCUT2D eigenvalue weighted by atomic mass is 10.2. The van der Waals surface area contributed by atoms with E-state index < -0.39 is 0 Å². The van der Waals surface area contributed by atoms with Gasteiger partial charge in [-0.05, 0) is 49.7 Å². The highest BCUT2D eigenvalue weighted by Gasteiger charge is 2.22. The van der Waals surface area contributed by atoms with Crippen LogP contribution in [0.3, 0.4) is 0 Å². The molecule has 2 aromatic carbocycles. The van der Waals surface area contributed by atoms with Gasteiger partial charge >= 0.3 is 0 Å². The van der Waals surface area contributed by atoms with Crippen molar-refractivity contribution in [3.05, 3.63) is 42.0 Å². The minimum absolute atomic E-state index is 0.201. The maximum absolute atomic E-state index is 9.45. The number of nitrogen functional groups attached to an aromatic ring is 1. The van der Waals surface area contributed by atoms with Crippen LogP contribution in [-0.2, 0) is 0 Å². The van der Waals surface area contributed by atoms with Crippen LogP contribution in [-0.4, -0.2) is 17.0 Å². The number of aromatic hydroxyl groups is 1. The van der Waals surface area contributed by atoms with E-state index in [0.717, 1.165) is 28.5 Å². The number of phenols is 1. The molecular formula is C16H17N3O2. The summed E-state index contributed by atoms with van der Waals surface area (Å²) in [6, 6.07) is 10.6. The summed E-state index contributed by atoms with van der Waals surface area (Å²) in [5.41, 5.74) is 8.97. The predicted molar refractivity (Wildman–Crippen MR) is 84.5 cm³/mol. The number of ether oxygens (including phenoxy) is 1. The van der Waals surface area contributed by atoms with Crippen molar-refractivity contribution in [3.8, 4) is 11.5 Å². The minimum atomic E-state index is -0.201. The van der Waals surface area contributed by atoms with Crippen LogP contribution in [0.5, 0.6) is 11.5 Å².